The van der Waals surface area contributed by atoms with Crippen LogP contribution in [0.4, 0.5) is 17.1 Å². The summed E-state index contributed by atoms with van der Waals surface area (Å²) in [6, 6.07) is 25.9. The molecule has 1 aromatic heterocycles. The largest absolute Gasteiger partial charge is 0.318 e. The number of anilines is 2. The highest BCUT2D eigenvalue weighted by Crippen LogP contribution is 2.42. The first-order valence-electron chi connectivity index (χ1n) is 10.6. The third-order valence-corrected chi connectivity index (χ3v) is 5.95. The first kappa shape index (κ1) is 20.5. The Hall–Kier alpha value is -4.45. The Morgan fingerprint density at radius 3 is 2.30 bits per heavy atom. The van der Waals surface area contributed by atoms with E-state index in [0.29, 0.717) is 11.3 Å². The first-order chi connectivity index (χ1) is 16.0. The van der Waals surface area contributed by atoms with Gasteiger partial charge in [0.25, 0.3) is 11.6 Å². The zero-order valence-corrected chi connectivity index (χ0v) is 18.2. The van der Waals surface area contributed by atoms with Crippen LogP contribution in [0.1, 0.15) is 22.5 Å². The number of nitrogens with zero attached hydrogens (tertiary/aromatic N) is 3. The molecule has 0 saturated carbocycles. The lowest BCUT2D eigenvalue weighted by atomic mass is 10.0. The summed E-state index contributed by atoms with van der Waals surface area (Å²) in [7, 11) is 0. The van der Waals surface area contributed by atoms with Crippen LogP contribution in [-0.2, 0) is 4.79 Å². The molecule has 0 N–H and O–H groups in total. The fourth-order valence-corrected chi connectivity index (χ4v) is 4.45. The topological polar surface area (TPSA) is 68.4 Å². The van der Waals surface area contributed by atoms with Crippen molar-refractivity contribution in [1.82, 2.24) is 4.57 Å². The van der Waals surface area contributed by atoms with Crippen LogP contribution < -0.4 is 4.90 Å². The monoisotopic (exact) mass is 435 g/mol. The molecule has 0 fully saturated rings. The Balaban J connectivity index is 1.62. The lowest BCUT2D eigenvalue weighted by Crippen LogP contribution is -2.20. The summed E-state index contributed by atoms with van der Waals surface area (Å²) < 4.78 is 1.97. The van der Waals surface area contributed by atoms with Crippen LogP contribution in [0.25, 0.3) is 17.3 Å². The maximum absolute atomic E-state index is 13.5. The molecule has 2 heterocycles. The van der Waals surface area contributed by atoms with Gasteiger partial charge < -0.3 is 4.57 Å². The number of nitro groups is 1. The molecule has 5 rings (SSSR count). The smallest absolute Gasteiger partial charge is 0.271 e. The molecule has 0 atom stereocenters. The van der Waals surface area contributed by atoms with Gasteiger partial charge in [-0.25, -0.2) is 0 Å². The number of hydrogen-bond acceptors (Lipinski definition) is 3. The zero-order valence-electron chi connectivity index (χ0n) is 18.2. The Labute approximate surface area is 191 Å². The average molecular weight is 435 g/mol. The van der Waals surface area contributed by atoms with Crippen LogP contribution in [0.3, 0.4) is 0 Å². The second-order valence-electron chi connectivity index (χ2n) is 7.99. The van der Waals surface area contributed by atoms with E-state index < -0.39 is 4.92 Å². The molecular weight excluding hydrogens is 414 g/mol. The number of non-ortho nitro benzene ring substituents is 1. The van der Waals surface area contributed by atoms with Crippen molar-refractivity contribution in [3.63, 3.8) is 0 Å². The molecule has 0 aliphatic carbocycles. The minimum Gasteiger partial charge on any atom is -0.318 e. The number of fused-ring (bicyclic) bond motifs is 1. The Kier molecular flexibility index (Phi) is 4.90. The molecule has 162 valence electrons. The summed E-state index contributed by atoms with van der Waals surface area (Å²) in [4.78, 5) is 26.1. The van der Waals surface area contributed by atoms with Crippen LogP contribution in [0.5, 0.6) is 0 Å². The maximum Gasteiger partial charge on any atom is 0.271 e. The van der Waals surface area contributed by atoms with Crippen molar-refractivity contribution in [1.29, 1.82) is 0 Å². The summed E-state index contributed by atoms with van der Waals surface area (Å²) >= 11 is 0. The summed E-state index contributed by atoms with van der Waals surface area (Å²) in [6.45, 7) is 3.91. The predicted octanol–water partition coefficient (Wildman–Crippen LogP) is 6.22. The molecule has 0 unspecified atom stereocenters. The van der Waals surface area contributed by atoms with E-state index in [1.54, 1.807) is 17.0 Å². The highest BCUT2D eigenvalue weighted by molar-refractivity contribution is 6.38. The van der Waals surface area contributed by atoms with Gasteiger partial charge in [0.1, 0.15) is 0 Å². The lowest BCUT2D eigenvalue weighted by molar-refractivity contribution is -0.384. The van der Waals surface area contributed by atoms with Gasteiger partial charge in [-0.1, -0.05) is 42.5 Å². The standard InChI is InChI=1S/C27H21N3O3/c1-18-15-20(19(2)28(18)22-11-8-12-23(17-22)30(32)33)16-25-24-13-6-7-14-26(24)29(27(25)31)21-9-4-3-5-10-21/h3-17H,1-2H3/b25-16+. The second kappa shape index (κ2) is 7.91. The fraction of sp³-hybridized carbons (Fsp3) is 0.0741. The first-order valence-corrected chi connectivity index (χ1v) is 10.6. The average Bonchev–Trinajstić information content (AvgIpc) is 3.26. The van der Waals surface area contributed by atoms with E-state index in [1.807, 2.05) is 91.2 Å². The van der Waals surface area contributed by atoms with E-state index in [9.17, 15) is 14.9 Å². The van der Waals surface area contributed by atoms with Gasteiger partial charge in [-0.2, -0.15) is 0 Å². The van der Waals surface area contributed by atoms with E-state index in [1.165, 1.54) is 6.07 Å². The molecule has 0 saturated heterocycles. The maximum atomic E-state index is 13.5. The number of carbonyl (C=O) groups is 1. The Bertz CT molecular complexity index is 1430. The van der Waals surface area contributed by atoms with Gasteiger partial charge >= 0.3 is 0 Å². The van der Waals surface area contributed by atoms with Gasteiger partial charge in [0, 0.05) is 34.8 Å². The number of nitro benzene ring substituents is 1. The van der Waals surface area contributed by atoms with E-state index >= 15 is 0 Å². The minimum atomic E-state index is -0.396. The van der Waals surface area contributed by atoms with Gasteiger partial charge in [-0.3, -0.25) is 19.8 Å². The molecule has 4 aromatic rings. The molecule has 1 aliphatic rings. The lowest BCUT2D eigenvalue weighted by Gasteiger charge is -2.16. The third-order valence-electron chi connectivity index (χ3n) is 5.95. The summed E-state index contributed by atoms with van der Waals surface area (Å²) in [5.74, 6) is -0.0810. The summed E-state index contributed by atoms with van der Waals surface area (Å²) in [5.41, 5.74) is 6.66. The quantitative estimate of drug-likeness (QED) is 0.217. The molecule has 6 heteroatoms. The predicted molar refractivity (Wildman–Crippen MR) is 130 cm³/mol. The fourth-order valence-electron chi connectivity index (χ4n) is 4.45. The van der Waals surface area contributed by atoms with Crippen LogP contribution in [0.2, 0.25) is 0 Å². The van der Waals surface area contributed by atoms with Gasteiger partial charge in [0.2, 0.25) is 0 Å². The number of rotatable bonds is 4. The van der Waals surface area contributed by atoms with E-state index in [-0.39, 0.29) is 11.6 Å². The van der Waals surface area contributed by atoms with Crippen molar-refractivity contribution in [2.75, 3.05) is 4.90 Å². The van der Waals surface area contributed by atoms with Gasteiger partial charge in [-0.05, 0) is 55.8 Å². The molecule has 6 nitrogen and oxygen atoms in total. The molecule has 0 bridgehead atoms. The van der Waals surface area contributed by atoms with Crippen LogP contribution in [0, 0.1) is 24.0 Å². The molecule has 0 spiro atoms. The van der Waals surface area contributed by atoms with Crippen molar-refractivity contribution in [3.8, 4) is 5.69 Å². The second-order valence-corrected chi connectivity index (χ2v) is 7.99. The number of carbonyl (C=O) groups excluding carboxylic acids is 1. The van der Waals surface area contributed by atoms with Crippen molar-refractivity contribution in [3.05, 3.63) is 118 Å². The number of aryl methyl sites for hydroxylation is 1. The van der Waals surface area contributed by atoms with Gasteiger partial charge in [0.15, 0.2) is 0 Å². The molecule has 33 heavy (non-hydrogen) atoms. The number of amides is 1. The van der Waals surface area contributed by atoms with Gasteiger partial charge in [0.05, 0.1) is 21.9 Å². The van der Waals surface area contributed by atoms with E-state index in [4.69, 9.17) is 0 Å². The summed E-state index contributed by atoms with van der Waals surface area (Å²) in [6.07, 6.45) is 1.92. The number of hydrogen-bond donors (Lipinski definition) is 0. The van der Waals surface area contributed by atoms with Crippen LogP contribution in [0.15, 0.2) is 84.9 Å². The van der Waals surface area contributed by atoms with Crippen molar-refractivity contribution in [2.24, 2.45) is 0 Å². The zero-order chi connectivity index (χ0) is 23.1. The SMILES string of the molecule is Cc1cc(/C=C2/C(=O)N(c3ccccc3)c3ccccc32)c(C)n1-c1cccc([N+](=O)[O-])c1. The Morgan fingerprint density at radius 1 is 0.848 bits per heavy atom. The van der Waals surface area contributed by atoms with E-state index in [0.717, 1.165) is 33.9 Å². The Morgan fingerprint density at radius 2 is 1.55 bits per heavy atom. The molecular formula is C27H21N3O3. The van der Waals surface area contributed by atoms with Crippen molar-refractivity contribution < 1.29 is 9.72 Å². The van der Waals surface area contributed by atoms with E-state index in [2.05, 4.69) is 0 Å². The third kappa shape index (κ3) is 3.42. The van der Waals surface area contributed by atoms with Crippen molar-refractivity contribution in [2.45, 2.75) is 13.8 Å². The highest BCUT2D eigenvalue weighted by Gasteiger charge is 2.33. The van der Waals surface area contributed by atoms with Crippen LogP contribution >= 0.6 is 0 Å². The van der Waals surface area contributed by atoms with Crippen molar-refractivity contribution >= 4 is 34.6 Å². The highest BCUT2D eigenvalue weighted by atomic mass is 16.6. The molecule has 1 amide bonds. The van der Waals surface area contributed by atoms with Crippen LogP contribution in [-0.4, -0.2) is 15.4 Å². The minimum absolute atomic E-state index is 0.0401. The molecule has 0 radical (unpaired) electrons. The van der Waals surface area contributed by atoms with Gasteiger partial charge in [-0.15, -0.1) is 0 Å². The number of benzene rings is 3. The normalized spacial score (nSPS) is 14.1. The number of para-hydroxylation sites is 2. The molecule has 1 aliphatic heterocycles. The summed E-state index contributed by atoms with van der Waals surface area (Å²) in [5, 5.41) is 11.2. The molecule has 3 aromatic carbocycles. The number of aromatic nitrogens is 1.